The van der Waals surface area contributed by atoms with Crippen LogP contribution in [0.2, 0.25) is 0 Å². The lowest BCUT2D eigenvalue weighted by molar-refractivity contribution is 0.668. The molecule has 2 aromatic heterocycles. The maximum atomic E-state index is 7.01. The third-order valence-electron chi connectivity index (χ3n) is 16.5. The van der Waals surface area contributed by atoms with Gasteiger partial charge in [-0.15, -0.1) is 0 Å². The third-order valence-corrected chi connectivity index (χ3v) is 16.5. The standard InChI is InChI=1S/C72H60N2O2/c1-41(2)49-25-23-45-27-33-51(43(5)6)69(59(45)39-49)73(63-19-13-17-55-53-15-9-11-21-65(53)75-71(55)63)61-37-31-47-30-36-58-62(38-32-48-29-35-57(61)67(47)68(48)58)74(64-20-14-18-56-54-16-10-12-22-66(54)76-72(56)64)70-52(44(7)8)34-28-46-24-26-50(42(3)4)40-60(46)70/h9-44H,1-8H3. The van der Waals surface area contributed by atoms with Crippen molar-refractivity contribution in [3.63, 3.8) is 0 Å². The maximum Gasteiger partial charge on any atom is 0.159 e. The number of para-hydroxylation sites is 4. The van der Waals surface area contributed by atoms with Gasteiger partial charge in [-0.1, -0.05) is 201 Å². The van der Waals surface area contributed by atoms with Gasteiger partial charge in [0.05, 0.1) is 34.1 Å². The molecular weight excluding hydrogens is 925 g/mol. The van der Waals surface area contributed by atoms with Crippen LogP contribution in [0, 0.1) is 0 Å². The number of furan rings is 2. The minimum Gasteiger partial charge on any atom is -0.454 e. The molecule has 0 saturated heterocycles. The molecule has 0 spiro atoms. The number of rotatable bonds is 10. The first-order valence-corrected chi connectivity index (χ1v) is 27.3. The Morgan fingerprint density at radius 3 is 1.09 bits per heavy atom. The van der Waals surface area contributed by atoms with Crippen LogP contribution < -0.4 is 9.80 Å². The van der Waals surface area contributed by atoms with E-state index in [1.807, 2.05) is 0 Å². The van der Waals surface area contributed by atoms with E-state index in [1.165, 1.54) is 87.5 Å². The van der Waals surface area contributed by atoms with Gasteiger partial charge in [0.25, 0.3) is 0 Å². The first-order chi connectivity index (χ1) is 37.0. The summed E-state index contributed by atoms with van der Waals surface area (Å²) in [5, 5.41) is 16.5. The van der Waals surface area contributed by atoms with Crippen LogP contribution in [0.25, 0.3) is 97.7 Å². The summed E-state index contributed by atoms with van der Waals surface area (Å²) in [5.74, 6) is 1.17. The minimum atomic E-state index is 0.227. The molecule has 0 bridgehead atoms. The van der Waals surface area contributed by atoms with Crippen LogP contribution in [0.15, 0.2) is 203 Å². The van der Waals surface area contributed by atoms with Crippen LogP contribution in [-0.4, -0.2) is 0 Å². The highest BCUT2D eigenvalue weighted by molar-refractivity contribution is 6.29. The first kappa shape index (κ1) is 46.0. The number of hydrogen-bond donors (Lipinski definition) is 0. The largest absolute Gasteiger partial charge is 0.454 e. The van der Waals surface area contributed by atoms with Gasteiger partial charge in [0, 0.05) is 43.1 Å². The highest BCUT2D eigenvalue weighted by Gasteiger charge is 2.30. The van der Waals surface area contributed by atoms with Gasteiger partial charge >= 0.3 is 0 Å². The number of fused-ring (bicyclic) bond motifs is 8. The van der Waals surface area contributed by atoms with Crippen LogP contribution >= 0.6 is 0 Å². The Hall–Kier alpha value is -8.60. The molecule has 4 nitrogen and oxygen atoms in total. The molecule has 0 aliphatic carbocycles. The second kappa shape index (κ2) is 17.5. The van der Waals surface area contributed by atoms with Crippen LogP contribution in [0.3, 0.4) is 0 Å². The molecule has 14 aromatic rings. The molecule has 370 valence electrons. The summed E-state index contributed by atoms with van der Waals surface area (Å²) in [6.07, 6.45) is 0. The quantitative estimate of drug-likeness (QED) is 0.128. The topological polar surface area (TPSA) is 32.8 Å². The van der Waals surface area contributed by atoms with Crippen LogP contribution in [-0.2, 0) is 0 Å². The predicted octanol–water partition coefficient (Wildman–Crippen LogP) is 22.1. The zero-order chi connectivity index (χ0) is 51.7. The van der Waals surface area contributed by atoms with E-state index in [-0.39, 0.29) is 11.8 Å². The van der Waals surface area contributed by atoms with Crippen molar-refractivity contribution >= 4 is 132 Å². The summed E-state index contributed by atoms with van der Waals surface area (Å²) in [4.78, 5) is 5.09. The van der Waals surface area contributed by atoms with Gasteiger partial charge in [0.1, 0.15) is 11.2 Å². The molecule has 0 unspecified atom stereocenters. The van der Waals surface area contributed by atoms with Crippen LogP contribution in [0.4, 0.5) is 34.1 Å². The van der Waals surface area contributed by atoms with Crippen molar-refractivity contribution in [3.05, 3.63) is 216 Å². The Kier molecular flexibility index (Phi) is 10.6. The van der Waals surface area contributed by atoms with E-state index in [0.29, 0.717) is 11.8 Å². The van der Waals surface area contributed by atoms with Crippen molar-refractivity contribution in [2.24, 2.45) is 0 Å². The van der Waals surface area contributed by atoms with Gasteiger partial charge in [-0.25, -0.2) is 0 Å². The molecule has 0 fully saturated rings. The Balaban J connectivity index is 1.11. The molecule has 12 aromatic carbocycles. The minimum absolute atomic E-state index is 0.227. The Morgan fingerprint density at radius 1 is 0.289 bits per heavy atom. The van der Waals surface area contributed by atoms with Crippen molar-refractivity contribution in [1.82, 2.24) is 0 Å². The van der Waals surface area contributed by atoms with E-state index in [1.54, 1.807) is 0 Å². The Bertz CT molecular complexity index is 4320. The average molecular weight is 985 g/mol. The molecule has 14 rings (SSSR count). The van der Waals surface area contributed by atoms with Gasteiger partial charge in [-0.2, -0.15) is 0 Å². The van der Waals surface area contributed by atoms with Gasteiger partial charge in [-0.05, 0) is 127 Å². The van der Waals surface area contributed by atoms with Crippen molar-refractivity contribution in [1.29, 1.82) is 0 Å². The Labute approximate surface area is 443 Å². The number of hydrogen-bond acceptors (Lipinski definition) is 4. The van der Waals surface area contributed by atoms with E-state index in [2.05, 4.69) is 259 Å². The molecule has 4 heteroatoms. The SMILES string of the molecule is CC(C)c1ccc2ccc(C(C)C)c(N(c3ccc4ccc5c(N(c6c(C(C)C)ccc7ccc(C(C)C)cc67)c6cccc7c6oc6ccccc67)ccc6ccc3c4c65)c3cccc4c3oc3ccccc34)c2c1. The van der Waals surface area contributed by atoms with Gasteiger partial charge < -0.3 is 18.6 Å². The number of nitrogens with zero attached hydrogens (tertiary/aromatic N) is 2. The summed E-state index contributed by atoms with van der Waals surface area (Å²) in [6, 6.07) is 72.5. The molecule has 0 amide bonds. The molecule has 0 aliphatic rings. The zero-order valence-electron chi connectivity index (χ0n) is 44.5. The molecule has 76 heavy (non-hydrogen) atoms. The highest BCUT2D eigenvalue weighted by atomic mass is 16.3. The normalized spacial score (nSPS) is 12.4. The number of anilines is 6. The third kappa shape index (κ3) is 6.96. The van der Waals surface area contributed by atoms with E-state index in [4.69, 9.17) is 8.83 Å². The summed E-state index contributed by atoms with van der Waals surface area (Å²) in [5.41, 5.74) is 15.3. The Morgan fingerprint density at radius 2 is 0.671 bits per heavy atom. The number of benzene rings is 12. The van der Waals surface area contributed by atoms with Crippen LogP contribution in [0.5, 0.6) is 0 Å². The van der Waals surface area contributed by atoms with E-state index in [9.17, 15) is 0 Å². The van der Waals surface area contributed by atoms with Crippen molar-refractivity contribution in [2.45, 2.75) is 79.1 Å². The molecule has 0 aliphatic heterocycles. The summed E-state index contributed by atoms with van der Waals surface area (Å²) in [6.45, 7) is 18.5. The van der Waals surface area contributed by atoms with E-state index < -0.39 is 0 Å². The lowest BCUT2D eigenvalue weighted by Crippen LogP contribution is -2.15. The second-order valence-corrected chi connectivity index (χ2v) is 22.4. The zero-order valence-corrected chi connectivity index (χ0v) is 44.5. The molecule has 0 radical (unpaired) electrons. The average Bonchev–Trinajstić information content (AvgIpc) is 4.06. The highest BCUT2D eigenvalue weighted by Crippen LogP contribution is 2.54. The monoisotopic (exact) mass is 984 g/mol. The lowest BCUT2D eigenvalue weighted by atomic mass is 9.89. The summed E-state index contributed by atoms with van der Waals surface area (Å²) < 4.78 is 14.0. The molecule has 2 heterocycles. The fraction of sp³-hybridized carbons (Fsp3) is 0.167. The molecule has 0 saturated carbocycles. The predicted molar refractivity (Wildman–Crippen MR) is 325 cm³/mol. The van der Waals surface area contributed by atoms with Crippen molar-refractivity contribution in [3.8, 4) is 0 Å². The van der Waals surface area contributed by atoms with Crippen LogP contribution in [0.1, 0.15) is 101 Å². The van der Waals surface area contributed by atoms with E-state index >= 15 is 0 Å². The molecular formula is C72H60N2O2. The smallest absolute Gasteiger partial charge is 0.159 e. The molecule has 0 N–H and O–H groups in total. The molecule has 0 atom stereocenters. The van der Waals surface area contributed by atoms with Crippen molar-refractivity contribution in [2.75, 3.05) is 9.80 Å². The van der Waals surface area contributed by atoms with Gasteiger partial charge in [0.15, 0.2) is 11.2 Å². The van der Waals surface area contributed by atoms with Gasteiger partial charge in [-0.3, -0.25) is 0 Å². The fourth-order valence-electron chi connectivity index (χ4n) is 12.5. The first-order valence-electron chi connectivity index (χ1n) is 27.3. The van der Waals surface area contributed by atoms with E-state index in [0.717, 1.165) is 66.6 Å². The van der Waals surface area contributed by atoms with Gasteiger partial charge in [0.2, 0.25) is 0 Å². The second-order valence-electron chi connectivity index (χ2n) is 22.4. The fourth-order valence-corrected chi connectivity index (χ4v) is 12.5. The maximum absolute atomic E-state index is 7.01. The summed E-state index contributed by atoms with van der Waals surface area (Å²) >= 11 is 0. The summed E-state index contributed by atoms with van der Waals surface area (Å²) in [7, 11) is 0. The lowest BCUT2D eigenvalue weighted by Gasteiger charge is -2.33. The van der Waals surface area contributed by atoms with Crippen molar-refractivity contribution < 1.29 is 8.83 Å².